The minimum Gasteiger partial charge on any atom is -0.418 e. The van der Waals surface area contributed by atoms with Gasteiger partial charge in [0.15, 0.2) is 0 Å². The molecule has 18 heavy (non-hydrogen) atoms. The number of oxazole rings is 1. The minimum atomic E-state index is 0.600. The molecule has 0 radical (unpaired) electrons. The molecule has 0 aliphatic rings. The Labute approximate surface area is 105 Å². The molecule has 0 saturated heterocycles. The summed E-state index contributed by atoms with van der Waals surface area (Å²) in [4.78, 5) is 8.80. The molecule has 0 atom stereocenters. The van der Waals surface area contributed by atoms with E-state index in [9.17, 15) is 0 Å². The molecule has 0 bridgehead atoms. The van der Waals surface area contributed by atoms with Crippen molar-refractivity contribution in [1.82, 2.24) is 9.97 Å². The predicted octanol–water partition coefficient (Wildman–Crippen LogP) is 3.82. The summed E-state index contributed by atoms with van der Waals surface area (Å²) in [5.41, 5.74) is 5.83. The van der Waals surface area contributed by atoms with Crippen LogP contribution in [0, 0.1) is 20.8 Å². The van der Waals surface area contributed by atoms with E-state index in [-0.39, 0.29) is 0 Å². The van der Waals surface area contributed by atoms with Crippen molar-refractivity contribution < 1.29 is 4.42 Å². The van der Waals surface area contributed by atoms with Gasteiger partial charge < -0.3 is 4.42 Å². The minimum absolute atomic E-state index is 0.600. The number of benzene rings is 1. The molecule has 0 saturated carbocycles. The fourth-order valence-electron chi connectivity index (χ4n) is 1.91. The van der Waals surface area contributed by atoms with Crippen LogP contribution in [0.2, 0.25) is 0 Å². The highest BCUT2D eigenvalue weighted by Gasteiger charge is 2.09. The molecule has 90 valence electrons. The second-order valence-electron chi connectivity index (χ2n) is 4.59. The van der Waals surface area contributed by atoms with Crippen LogP contribution in [0.4, 0.5) is 0 Å². The van der Waals surface area contributed by atoms with Crippen molar-refractivity contribution in [3.8, 4) is 11.5 Å². The first-order chi connectivity index (χ1) is 8.63. The van der Waals surface area contributed by atoms with Gasteiger partial charge in [-0.1, -0.05) is 6.07 Å². The number of fused-ring (bicyclic) bond motifs is 1. The van der Waals surface area contributed by atoms with Gasteiger partial charge in [0.05, 0.1) is 0 Å². The van der Waals surface area contributed by atoms with E-state index in [2.05, 4.69) is 35.9 Å². The zero-order chi connectivity index (χ0) is 12.7. The zero-order valence-electron chi connectivity index (χ0n) is 10.7. The molecule has 0 unspecified atom stereocenters. The Bertz CT molecular complexity index is 728. The Balaban J connectivity index is 2.16. The van der Waals surface area contributed by atoms with Crippen molar-refractivity contribution in [1.29, 1.82) is 0 Å². The van der Waals surface area contributed by atoms with Crippen LogP contribution in [-0.2, 0) is 0 Å². The van der Waals surface area contributed by atoms with Crippen LogP contribution in [0.3, 0.4) is 0 Å². The average Bonchev–Trinajstić information content (AvgIpc) is 2.75. The third kappa shape index (κ3) is 1.78. The second-order valence-corrected chi connectivity index (χ2v) is 4.59. The number of aromatic nitrogens is 2. The van der Waals surface area contributed by atoms with Gasteiger partial charge in [-0.2, -0.15) is 0 Å². The highest BCUT2D eigenvalue weighted by atomic mass is 16.4. The maximum absolute atomic E-state index is 5.71. The van der Waals surface area contributed by atoms with Crippen molar-refractivity contribution in [2.75, 3.05) is 0 Å². The number of pyridine rings is 1. The Morgan fingerprint density at radius 2 is 1.72 bits per heavy atom. The van der Waals surface area contributed by atoms with Gasteiger partial charge in [-0.25, -0.2) is 9.97 Å². The molecule has 1 aromatic carbocycles. The van der Waals surface area contributed by atoms with Crippen LogP contribution >= 0.6 is 0 Å². The molecule has 2 heterocycles. The number of hydrogen-bond acceptors (Lipinski definition) is 3. The summed E-state index contributed by atoms with van der Waals surface area (Å²) in [7, 11) is 0. The lowest BCUT2D eigenvalue weighted by Gasteiger charge is -2.00. The van der Waals surface area contributed by atoms with Crippen molar-refractivity contribution in [3.05, 3.63) is 47.2 Å². The van der Waals surface area contributed by atoms with Crippen LogP contribution < -0.4 is 0 Å². The van der Waals surface area contributed by atoms with Crippen LogP contribution in [0.25, 0.3) is 22.7 Å². The lowest BCUT2D eigenvalue weighted by molar-refractivity contribution is 0.606. The van der Waals surface area contributed by atoms with Gasteiger partial charge in [0.2, 0.25) is 11.6 Å². The quantitative estimate of drug-likeness (QED) is 0.647. The van der Waals surface area contributed by atoms with Crippen molar-refractivity contribution in [3.63, 3.8) is 0 Å². The maximum atomic E-state index is 5.71. The van der Waals surface area contributed by atoms with Crippen LogP contribution in [0.5, 0.6) is 0 Å². The van der Waals surface area contributed by atoms with E-state index in [1.54, 1.807) is 0 Å². The number of nitrogens with zero attached hydrogens (tertiary/aromatic N) is 2. The van der Waals surface area contributed by atoms with Crippen molar-refractivity contribution in [2.45, 2.75) is 20.8 Å². The molecule has 2 aromatic heterocycles. The van der Waals surface area contributed by atoms with Gasteiger partial charge >= 0.3 is 0 Å². The molecular formula is C15H14N2O. The Kier molecular flexibility index (Phi) is 2.40. The van der Waals surface area contributed by atoms with Gasteiger partial charge in [0, 0.05) is 11.3 Å². The monoisotopic (exact) mass is 238 g/mol. The third-order valence-corrected chi connectivity index (χ3v) is 3.15. The summed E-state index contributed by atoms with van der Waals surface area (Å²) in [5, 5.41) is 0. The normalized spacial score (nSPS) is 11.1. The summed E-state index contributed by atoms with van der Waals surface area (Å²) in [6.45, 7) is 6.12. The summed E-state index contributed by atoms with van der Waals surface area (Å²) in [5.74, 6) is 0.631. The topological polar surface area (TPSA) is 38.9 Å². The lowest BCUT2D eigenvalue weighted by Crippen LogP contribution is -1.83. The van der Waals surface area contributed by atoms with E-state index < -0.39 is 0 Å². The van der Waals surface area contributed by atoms with Gasteiger partial charge in [0.1, 0.15) is 5.52 Å². The van der Waals surface area contributed by atoms with E-state index in [4.69, 9.17) is 4.42 Å². The molecule has 3 aromatic rings. The van der Waals surface area contributed by atoms with Gasteiger partial charge in [-0.05, 0) is 56.2 Å². The molecule has 0 fully saturated rings. The summed E-state index contributed by atoms with van der Waals surface area (Å²) in [6.07, 6.45) is 0. The number of hydrogen-bond donors (Lipinski definition) is 0. The predicted molar refractivity (Wildman–Crippen MR) is 71.5 cm³/mol. The van der Waals surface area contributed by atoms with E-state index in [0.29, 0.717) is 11.6 Å². The standard InChI is InChI=1S/C15H14N2O/c1-9-4-6-12(8-10(9)2)14-17-13-7-5-11(3)16-15(13)18-14/h4-8H,1-3H3. The Morgan fingerprint density at radius 1 is 0.889 bits per heavy atom. The first kappa shape index (κ1) is 11.0. The van der Waals surface area contributed by atoms with Gasteiger partial charge in [-0.15, -0.1) is 0 Å². The Morgan fingerprint density at radius 3 is 2.50 bits per heavy atom. The molecule has 3 rings (SSSR count). The summed E-state index contributed by atoms with van der Waals surface area (Å²) < 4.78 is 5.71. The fraction of sp³-hybridized carbons (Fsp3) is 0.200. The third-order valence-electron chi connectivity index (χ3n) is 3.15. The number of aryl methyl sites for hydroxylation is 3. The molecule has 0 aliphatic carbocycles. The first-order valence-electron chi connectivity index (χ1n) is 5.95. The molecular weight excluding hydrogens is 224 g/mol. The van der Waals surface area contributed by atoms with Crippen molar-refractivity contribution in [2.24, 2.45) is 0 Å². The van der Waals surface area contributed by atoms with E-state index in [1.165, 1.54) is 11.1 Å². The SMILES string of the molecule is Cc1ccc2nc(-c3ccc(C)c(C)c3)oc2n1. The first-order valence-corrected chi connectivity index (χ1v) is 5.95. The molecule has 0 amide bonds. The van der Waals surface area contributed by atoms with Crippen LogP contribution in [0.1, 0.15) is 16.8 Å². The smallest absolute Gasteiger partial charge is 0.247 e. The zero-order valence-corrected chi connectivity index (χ0v) is 10.7. The Hall–Kier alpha value is -2.16. The van der Waals surface area contributed by atoms with E-state index in [0.717, 1.165) is 16.8 Å². The van der Waals surface area contributed by atoms with Crippen LogP contribution in [-0.4, -0.2) is 9.97 Å². The highest BCUT2D eigenvalue weighted by molar-refractivity contribution is 5.72. The molecule has 0 N–H and O–H groups in total. The lowest BCUT2D eigenvalue weighted by atomic mass is 10.1. The molecule has 0 spiro atoms. The largest absolute Gasteiger partial charge is 0.418 e. The highest BCUT2D eigenvalue weighted by Crippen LogP contribution is 2.24. The van der Waals surface area contributed by atoms with Gasteiger partial charge in [0.25, 0.3) is 0 Å². The van der Waals surface area contributed by atoms with Gasteiger partial charge in [-0.3, -0.25) is 0 Å². The second kappa shape index (κ2) is 3.95. The number of rotatable bonds is 1. The van der Waals surface area contributed by atoms with E-state index >= 15 is 0 Å². The van der Waals surface area contributed by atoms with Crippen molar-refractivity contribution >= 4 is 11.2 Å². The summed E-state index contributed by atoms with van der Waals surface area (Å²) in [6, 6.07) is 10.1. The molecule has 3 nitrogen and oxygen atoms in total. The van der Waals surface area contributed by atoms with Crippen LogP contribution in [0.15, 0.2) is 34.7 Å². The fourth-order valence-corrected chi connectivity index (χ4v) is 1.91. The summed E-state index contributed by atoms with van der Waals surface area (Å²) >= 11 is 0. The molecule has 0 aliphatic heterocycles. The maximum Gasteiger partial charge on any atom is 0.247 e. The molecule has 3 heteroatoms. The average molecular weight is 238 g/mol. The van der Waals surface area contributed by atoms with E-state index in [1.807, 2.05) is 25.1 Å².